The van der Waals surface area contributed by atoms with E-state index in [0.29, 0.717) is 17.1 Å². The Bertz CT molecular complexity index is 589. The smallest absolute Gasteiger partial charge is 0.293 e. The van der Waals surface area contributed by atoms with Crippen molar-refractivity contribution in [2.24, 2.45) is 0 Å². The Morgan fingerprint density at radius 1 is 1.21 bits per heavy atom. The number of hydrogen-bond donors (Lipinski definition) is 0. The molecule has 0 bridgehead atoms. The van der Waals surface area contributed by atoms with Crippen molar-refractivity contribution in [1.82, 2.24) is 4.37 Å². The Hall–Kier alpha value is -1.76. The molecule has 2 aromatic rings. The number of nitrogens with zero attached hydrogens (tertiary/aromatic N) is 1. The molecule has 19 heavy (non-hydrogen) atoms. The van der Waals surface area contributed by atoms with Crippen molar-refractivity contribution in [3.63, 3.8) is 0 Å². The number of hydrogen-bond acceptors (Lipinski definition) is 3. The normalized spacial score (nSPS) is 11.6. The first kappa shape index (κ1) is 13.7. The monoisotopic (exact) mass is 289 g/mol. The fourth-order valence-electron chi connectivity index (χ4n) is 1.41. The molecule has 0 amide bonds. The predicted octanol–water partition coefficient (Wildman–Crippen LogP) is 3.73. The predicted molar refractivity (Wildman–Crippen MR) is 61.6 cm³/mol. The van der Waals surface area contributed by atoms with Crippen LogP contribution in [0.3, 0.4) is 0 Å². The van der Waals surface area contributed by atoms with E-state index in [1.807, 2.05) is 0 Å². The summed E-state index contributed by atoms with van der Waals surface area (Å²) in [6.07, 6.45) is -4.63. The van der Waals surface area contributed by atoms with Gasteiger partial charge in [0.25, 0.3) is 0 Å². The number of benzene rings is 1. The first-order chi connectivity index (χ1) is 8.86. The number of halogens is 4. The second kappa shape index (κ2) is 5.08. The third-order valence-corrected chi connectivity index (χ3v) is 3.18. The average Bonchev–Trinajstić information content (AvgIpc) is 2.81. The highest BCUT2D eigenvalue weighted by atomic mass is 32.1. The molecule has 0 aliphatic carbocycles. The molecule has 2 rings (SSSR count). The first-order valence-electron chi connectivity index (χ1n) is 5.18. The van der Waals surface area contributed by atoms with Gasteiger partial charge in [0.1, 0.15) is 5.82 Å². The van der Waals surface area contributed by atoms with Crippen LogP contribution in [0, 0.1) is 5.82 Å². The molecule has 2 nitrogen and oxygen atoms in total. The standard InChI is InChI=1S/C12H7F4NOS/c13-8-3-1-7(2-4-8)5-9(18)10-6-11(17-19-10)12(14,15)16/h1-4,6H,5H2. The van der Waals surface area contributed by atoms with Gasteiger partial charge in [-0.25, -0.2) is 4.39 Å². The van der Waals surface area contributed by atoms with E-state index < -0.39 is 23.5 Å². The highest BCUT2D eigenvalue weighted by Gasteiger charge is 2.34. The summed E-state index contributed by atoms with van der Waals surface area (Å²) in [4.78, 5) is 11.7. The van der Waals surface area contributed by atoms with Gasteiger partial charge in [-0.1, -0.05) is 12.1 Å². The lowest BCUT2D eigenvalue weighted by Gasteiger charge is -2.00. The fourth-order valence-corrected chi connectivity index (χ4v) is 2.11. The summed E-state index contributed by atoms with van der Waals surface area (Å²) in [5, 5.41) is 0. The van der Waals surface area contributed by atoms with Gasteiger partial charge in [-0.05, 0) is 35.3 Å². The number of Topliss-reactive ketones (excluding diaryl/α,β-unsaturated/α-hetero) is 1. The Kier molecular flexibility index (Phi) is 3.66. The van der Waals surface area contributed by atoms with Crippen molar-refractivity contribution in [1.29, 1.82) is 0 Å². The molecule has 1 heterocycles. The Morgan fingerprint density at radius 3 is 2.37 bits per heavy atom. The van der Waals surface area contributed by atoms with Crippen LogP contribution in [0.25, 0.3) is 0 Å². The van der Waals surface area contributed by atoms with E-state index in [1.54, 1.807) is 0 Å². The van der Waals surface area contributed by atoms with Crippen LogP contribution in [0.2, 0.25) is 0 Å². The van der Waals surface area contributed by atoms with E-state index in [9.17, 15) is 22.4 Å². The van der Waals surface area contributed by atoms with Crippen LogP contribution in [0.5, 0.6) is 0 Å². The van der Waals surface area contributed by atoms with Crippen LogP contribution in [0.15, 0.2) is 30.3 Å². The quantitative estimate of drug-likeness (QED) is 0.636. The molecule has 0 spiro atoms. The minimum Gasteiger partial charge on any atom is -0.293 e. The molecule has 1 aromatic heterocycles. The van der Waals surface area contributed by atoms with Crippen LogP contribution in [-0.4, -0.2) is 10.2 Å². The van der Waals surface area contributed by atoms with Gasteiger partial charge in [-0.15, -0.1) is 0 Å². The summed E-state index contributed by atoms with van der Waals surface area (Å²) in [7, 11) is 0. The molecule has 0 saturated heterocycles. The number of aromatic nitrogens is 1. The van der Waals surface area contributed by atoms with Gasteiger partial charge in [-0.2, -0.15) is 17.5 Å². The van der Waals surface area contributed by atoms with E-state index in [0.717, 1.165) is 6.07 Å². The van der Waals surface area contributed by atoms with Gasteiger partial charge >= 0.3 is 6.18 Å². The summed E-state index contributed by atoms with van der Waals surface area (Å²) < 4.78 is 52.8. The third-order valence-electron chi connectivity index (χ3n) is 2.35. The summed E-state index contributed by atoms with van der Waals surface area (Å²) in [5.74, 6) is -0.909. The van der Waals surface area contributed by atoms with Crippen molar-refractivity contribution in [2.75, 3.05) is 0 Å². The van der Waals surface area contributed by atoms with E-state index in [1.165, 1.54) is 24.3 Å². The second-order valence-corrected chi connectivity index (χ2v) is 4.61. The van der Waals surface area contributed by atoms with Crippen molar-refractivity contribution in [3.05, 3.63) is 52.3 Å². The van der Waals surface area contributed by atoms with Crippen LogP contribution < -0.4 is 0 Å². The molecule has 100 valence electrons. The van der Waals surface area contributed by atoms with Gasteiger partial charge in [0.05, 0.1) is 4.88 Å². The van der Waals surface area contributed by atoms with Crippen LogP contribution in [0.4, 0.5) is 17.6 Å². The summed E-state index contributed by atoms with van der Waals surface area (Å²) in [6, 6.07) is 5.95. The number of ketones is 1. The highest BCUT2D eigenvalue weighted by Crippen LogP contribution is 2.30. The Morgan fingerprint density at radius 2 is 1.84 bits per heavy atom. The second-order valence-electron chi connectivity index (χ2n) is 3.80. The molecule has 0 saturated carbocycles. The Balaban J connectivity index is 2.12. The average molecular weight is 289 g/mol. The van der Waals surface area contributed by atoms with E-state index >= 15 is 0 Å². The minimum absolute atomic E-state index is 0.0587. The molecular weight excluding hydrogens is 282 g/mol. The molecule has 0 atom stereocenters. The molecule has 0 fully saturated rings. The van der Waals surface area contributed by atoms with Crippen molar-refractivity contribution < 1.29 is 22.4 Å². The number of carbonyl (C=O) groups excluding carboxylic acids is 1. The molecule has 0 N–H and O–H groups in total. The van der Waals surface area contributed by atoms with Gasteiger partial charge < -0.3 is 0 Å². The van der Waals surface area contributed by atoms with Gasteiger partial charge in [0.2, 0.25) is 0 Å². The van der Waals surface area contributed by atoms with Gasteiger partial charge in [0, 0.05) is 6.42 Å². The number of rotatable bonds is 3. The molecule has 0 radical (unpaired) electrons. The van der Waals surface area contributed by atoms with Crippen molar-refractivity contribution >= 4 is 17.3 Å². The largest absolute Gasteiger partial charge is 0.434 e. The maximum atomic E-state index is 12.7. The van der Waals surface area contributed by atoms with E-state index in [-0.39, 0.29) is 11.3 Å². The van der Waals surface area contributed by atoms with Gasteiger partial charge in [0.15, 0.2) is 11.5 Å². The lowest BCUT2D eigenvalue weighted by Crippen LogP contribution is -2.05. The zero-order valence-electron chi connectivity index (χ0n) is 9.37. The first-order valence-corrected chi connectivity index (χ1v) is 5.95. The fraction of sp³-hybridized carbons (Fsp3) is 0.167. The minimum atomic E-state index is -4.55. The molecule has 0 aliphatic heterocycles. The zero-order chi connectivity index (χ0) is 14.0. The maximum Gasteiger partial charge on any atom is 0.434 e. The lowest BCUT2D eigenvalue weighted by atomic mass is 10.1. The maximum absolute atomic E-state index is 12.7. The number of alkyl halides is 3. The zero-order valence-corrected chi connectivity index (χ0v) is 10.2. The van der Waals surface area contributed by atoms with E-state index in [2.05, 4.69) is 4.37 Å². The SMILES string of the molecule is O=C(Cc1ccc(F)cc1)c1cc(C(F)(F)F)ns1. The third kappa shape index (κ3) is 3.37. The topological polar surface area (TPSA) is 30.0 Å². The number of carbonyl (C=O) groups is 1. The van der Waals surface area contributed by atoms with Crippen LogP contribution >= 0.6 is 11.5 Å². The van der Waals surface area contributed by atoms with Crippen molar-refractivity contribution in [3.8, 4) is 0 Å². The van der Waals surface area contributed by atoms with Crippen LogP contribution in [-0.2, 0) is 12.6 Å². The Labute approximate surface area is 109 Å². The van der Waals surface area contributed by atoms with Crippen molar-refractivity contribution in [2.45, 2.75) is 12.6 Å². The van der Waals surface area contributed by atoms with Gasteiger partial charge in [-0.3, -0.25) is 4.79 Å². The summed E-state index contributed by atoms with van der Waals surface area (Å²) in [5.41, 5.74) is -0.534. The summed E-state index contributed by atoms with van der Waals surface area (Å²) in [6.45, 7) is 0. The molecule has 0 aliphatic rings. The highest BCUT2D eigenvalue weighted by molar-refractivity contribution is 7.08. The molecular formula is C12H7F4NOS. The summed E-state index contributed by atoms with van der Waals surface area (Å²) >= 11 is 0.513. The molecule has 7 heteroatoms. The molecule has 0 unspecified atom stereocenters. The lowest BCUT2D eigenvalue weighted by molar-refractivity contribution is -0.140. The van der Waals surface area contributed by atoms with E-state index in [4.69, 9.17) is 0 Å². The van der Waals surface area contributed by atoms with Crippen LogP contribution in [0.1, 0.15) is 20.9 Å². The molecule has 1 aromatic carbocycles.